The molecule has 2 amide bonds. The van der Waals surface area contributed by atoms with Gasteiger partial charge in [-0.15, -0.1) is 0 Å². The van der Waals surface area contributed by atoms with E-state index < -0.39 is 0 Å². The van der Waals surface area contributed by atoms with Crippen molar-refractivity contribution in [3.05, 3.63) is 29.3 Å². The van der Waals surface area contributed by atoms with Crippen LogP contribution in [0.4, 0.5) is 5.69 Å². The number of benzene rings is 1. The van der Waals surface area contributed by atoms with E-state index >= 15 is 0 Å². The fourth-order valence-corrected chi connectivity index (χ4v) is 1.46. The van der Waals surface area contributed by atoms with Crippen LogP contribution in [-0.4, -0.2) is 24.6 Å². The highest BCUT2D eigenvalue weighted by molar-refractivity contribution is 6.04. The molecule has 0 atom stereocenters. The summed E-state index contributed by atoms with van der Waals surface area (Å²) in [5, 5.41) is 5.13. The Morgan fingerprint density at radius 3 is 2.44 bits per heavy atom. The number of hydrogen-bond donors (Lipinski definition) is 2. The van der Waals surface area contributed by atoms with Gasteiger partial charge in [-0.3, -0.25) is 14.4 Å². The molecule has 0 aliphatic rings. The zero-order valence-electron chi connectivity index (χ0n) is 10.7. The summed E-state index contributed by atoms with van der Waals surface area (Å²) in [6, 6.07) is 5.01. The van der Waals surface area contributed by atoms with E-state index in [-0.39, 0.29) is 24.0 Å². The number of Topliss-reactive ketones (excluding diaryl/α,β-unsaturated/α-hetero) is 1. The van der Waals surface area contributed by atoms with Crippen LogP contribution in [-0.2, 0) is 9.59 Å². The lowest BCUT2D eigenvalue weighted by atomic mass is 10.1. The lowest BCUT2D eigenvalue weighted by molar-refractivity contribution is -0.124. The van der Waals surface area contributed by atoms with Gasteiger partial charge in [-0.25, -0.2) is 0 Å². The summed E-state index contributed by atoms with van der Waals surface area (Å²) in [7, 11) is 1.54. The predicted octanol–water partition coefficient (Wildman–Crippen LogP) is 1.27. The van der Waals surface area contributed by atoms with Crippen molar-refractivity contribution in [3.8, 4) is 0 Å². The molecule has 0 saturated heterocycles. The van der Waals surface area contributed by atoms with Crippen LogP contribution < -0.4 is 10.6 Å². The summed E-state index contributed by atoms with van der Waals surface area (Å²) in [6.45, 7) is 3.17. The Labute approximate surface area is 106 Å². The van der Waals surface area contributed by atoms with Gasteiger partial charge in [0, 0.05) is 18.3 Å². The molecule has 0 unspecified atom stereocenters. The second kappa shape index (κ2) is 5.95. The van der Waals surface area contributed by atoms with Crippen molar-refractivity contribution in [2.75, 3.05) is 12.4 Å². The first-order valence-corrected chi connectivity index (χ1v) is 5.56. The number of rotatable bonds is 4. The first kappa shape index (κ1) is 13.9. The Hall–Kier alpha value is -2.17. The third kappa shape index (κ3) is 3.69. The van der Waals surface area contributed by atoms with Crippen molar-refractivity contribution in [1.29, 1.82) is 0 Å². The summed E-state index contributed by atoms with van der Waals surface area (Å²) in [6.07, 6.45) is -0.163. The van der Waals surface area contributed by atoms with Crippen molar-refractivity contribution in [1.82, 2.24) is 5.32 Å². The van der Waals surface area contributed by atoms with Crippen LogP contribution in [0.2, 0.25) is 0 Å². The van der Waals surface area contributed by atoms with Crippen LogP contribution in [0.25, 0.3) is 0 Å². The van der Waals surface area contributed by atoms with E-state index in [0.29, 0.717) is 11.3 Å². The summed E-state index contributed by atoms with van der Waals surface area (Å²) in [5.74, 6) is -0.802. The zero-order chi connectivity index (χ0) is 13.7. The maximum absolute atomic E-state index is 11.5. The summed E-state index contributed by atoms with van der Waals surface area (Å²) in [4.78, 5) is 33.8. The predicted molar refractivity (Wildman–Crippen MR) is 68.5 cm³/mol. The molecule has 0 spiro atoms. The fourth-order valence-electron chi connectivity index (χ4n) is 1.46. The van der Waals surface area contributed by atoms with E-state index in [1.165, 1.54) is 14.0 Å². The lowest BCUT2D eigenvalue weighted by Gasteiger charge is -2.09. The first-order chi connectivity index (χ1) is 8.43. The van der Waals surface area contributed by atoms with Crippen LogP contribution >= 0.6 is 0 Å². The smallest absolute Gasteiger partial charge is 0.251 e. The number of amides is 2. The average Bonchev–Trinajstić information content (AvgIpc) is 2.30. The quantitative estimate of drug-likeness (QED) is 0.788. The van der Waals surface area contributed by atoms with Crippen LogP contribution in [0, 0.1) is 6.92 Å². The Kier molecular flexibility index (Phi) is 4.59. The Bertz CT molecular complexity index is 495. The van der Waals surface area contributed by atoms with Gasteiger partial charge in [-0.2, -0.15) is 0 Å². The van der Waals surface area contributed by atoms with Crippen LogP contribution in [0.15, 0.2) is 18.2 Å². The summed E-state index contributed by atoms with van der Waals surface area (Å²) in [5.41, 5.74) is 1.84. The maximum Gasteiger partial charge on any atom is 0.251 e. The SMILES string of the molecule is CNC(=O)c1ccc(C)c(NC(=O)CC(C)=O)c1. The van der Waals surface area contributed by atoms with E-state index in [4.69, 9.17) is 0 Å². The van der Waals surface area contributed by atoms with Crippen LogP contribution in [0.1, 0.15) is 29.3 Å². The summed E-state index contributed by atoms with van der Waals surface area (Å²) >= 11 is 0. The number of hydrogen-bond acceptors (Lipinski definition) is 3. The van der Waals surface area contributed by atoms with E-state index in [1.54, 1.807) is 18.2 Å². The normalized spacial score (nSPS) is 9.72. The van der Waals surface area contributed by atoms with Crippen molar-refractivity contribution < 1.29 is 14.4 Å². The molecule has 0 aliphatic heterocycles. The maximum atomic E-state index is 11.5. The number of nitrogens with one attached hydrogen (secondary N) is 2. The average molecular weight is 248 g/mol. The molecule has 5 heteroatoms. The zero-order valence-corrected chi connectivity index (χ0v) is 10.7. The second-order valence-electron chi connectivity index (χ2n) is 4.04. The molecular weight excluding hydrogens is 232 g/mol. The van der Waals surface area contributed by atoms with Crippen molar-refractivity contribution in [3.63, 3.8) is 0 Å². The van der Waals surface area contributed by atoms with Gasteiger partial charge in [0.25, 0.3) is 5.91 Å². The van der Waals surface area contributed by atoms with Crippen LogP contribution in [0.5, 0.6) is 0 Å². The molecule has 0 aromatic heterocycles. The molecule has 1 aromatic rings. The fraction of sp³-hybridized carbons (Fsp3) is 0.308. The molecule has 0 heterocycles. The van der Waals surface area contributed by atoms with Crippen molar-refractivity contribution in [2.45, 2.75) is 20.3 Å². The Morgan fingerprint density at radius 1 is 1.22 bits per heavy atom. The number of aryl methyl sites for hydroxylation is 1. The Morgan fingerprint density at radius 2 is 1.89 bits per heavy atom. The van der Waals surface area contributed by atoms with E-state index in [1.807, 2.05) is 6.92 Å². The molecule has 0 radical (unpaired) electrons. The number of carbonyl (C=O) groups excluding carboxylic acids is 3. The third-order valence-corrected chi connectivity index (χ3v) is 2.41. The van der Waals surface area contributed by atoms with E-state index in [9.17, 15) is 14.4 Å². The molecule has 5 nitrogen and oxygen atoms in total. The van der Waals surface area contributed by atoms with Gasteiger partial charge in [-0.05, 0) is 31.5 Å². The molecule has 0 bridgehead atoms. The monoisotopic (exact) mass is 248 g/mol. The number of anilines is 1. The standard InChI is InChI=1S/C13H16N2O3/c1-8-4-5-10(13(18)14-3)7-11(8)15-12(17)6-9(2)16/h4-5,7H,6H2,1-3H3,(H,14,18)(H,15,17). The molecule has 0 aliphatic carbocycles. The van der Waals surface area contributed by atoms with Crippen molar-refractivity contribution >= 4 is 23.3 Å². The lowest BCUT2D eigenvalue weighted by Crippen LogP contribution is -2.19. The number of ketones is 1. The molecule has 1 aromatic carbocycles. The van der Waals surface area contributed by atoms with Gasteiger partial charge in [0.2, 0.25) is 5.91 Å². The molecular formula is C13H16N2O3. The second-order valence-corrected chi connectivity index (χ2v) is 4.04. The molecule has 0 fully saturated rings. The molecule has 18 heavy (non-hydrogen) atoms. The molecule has 96 valence electrons. The van der Waals surface area contributed by atoms with Gasteiger partial charge in [0.15, 0.2) is 0 Å². The van der Waals surface area contributed by atoms with E-state index in [0.717, 1.165) is 5.56 Å². The largest absolute Gasteiger partial charge is 0.355 e. The van der Waals surface area contributed by atoms with Gasteiger partial charge >= 0.3 is 0 Å². The highest BCUT2D eigenvalue weighted by Crippen LogP contribution is 2.17. The highest BCUT2D eigenvalue weighted by atomic mass is 16.2. The van der Waals surface area contributed by atoms with Gasteiger partial charge in [-0.1, -0.05) is 6.07 Å². The highest BCUT2D eigenvalue weighted by Gasteiger charge is 2.10. The third-order valence-electron chi connectivity index (χ3n) is 2.41. The topological polar surface area (TPSA) is 75.3 Å². The van der Waals surface area contributed by atoms with E-state index in [2.05, 4.69) is 10.6 Å². The Balaban J connectivity index is 2.91. The van der Waals surface area contributed by atoms with Gasteiger partial charge < -0.3 is 10.6 Å². The molecule has 0 saturated carbocycles. The first-order valence-electron chi connectivity index (χ1n) is 5.56. The minimum Gasteiger partial charge on any atom is -0.355 e. The minimum absolute atomic E-state index is 0.163. The molecule has 2 N–H and O–H groups in total. The molecule has 1 rings (SSSR count). The van der Waals surface area contributed by atoms with Gasteiger partial charge in [0.05, 0.1) is 6.42 Å². The summed E-state index contributed by atoms with van der Waals surface area (Å²) < 4.78 is 0. The van der Waals surface area contributed by atoms with Crippen LogP contribution in [0.3, 0.4) is 0 Å². The van der Waals surface area contributed by atoms with Crippen molar-refractivity contribution in [2.24, 2.45) is 0 Å². The van der Waals surface area contributed by atoms with Gasteiger partial charge in [0.1, 0.15) is 5.78 Å². The minimum atomic E-state index is -0.375. The number of carbonyl (C=O) groups is 3.